The van der Waals surface area contributed by atoms with E-state index < -0.39 is 0 Å². The lowest BCUT2D eigenvalue weighted by molar-refractivity contribution is 0.670. The second kappa shape index (κ2) is 7.71. The minimum atomic E-state index is 0.917. The number of imidazole rings is 1. The smallest absolute Gasteiger partial charge is 0.145 e. The van der Waals surface area contributed by atoms with E-state index in [9.17, 15) is 0 Å². The van der Waals surface area contributed by atoms with Crippen LogP contribution < -0.4 is 0 Å². The Bertz CT molecular complexity index is 1860. The number of hydrogen-bond donors (Lipinski definition) is 0. The largest absolute Gasteiger partial charge is 0.455 e. The third-order valence-electron chi connectivity index (χ3n) is 6.76. The molecule has 3 heteroatoms. The first-order valence-electron chi connectivity index (χ1n) is 11.8. The molecule has 0 aliphatic rings. The summed E-state index contributed by atoms with van der Waals surface area (Å²) in [5, 5.41) is 2.29. The fraction of sp³-hybridized carbons (Fsp3) is 0.0312. The van der Waals surface area contributed by atoms with Crippen LogP contribution >= 0.6 is 0 Å². The van der Waals surface area contributed by atoms with Gasteiger partial charge in [-0.05, 0) is 48.4 Å². The molecule has 2 heterocycles. The van der Waals surface area contributed by atoms with Crippen molar-refractivity contribution < 1.29 is 4.42 Å². The van der Waals surface area contributed by atoms with E-state index in [1.807, 2.05) is 24.3 Å². The van der Waals surface area contributed by atoms with Crippen molar-refractivity contribution in [3.8, 4) is 28.2 Å². The first-order chi connectivity index (χ1) is 17.3. The number of aryl methyl sites for hydroxylation is 1. The van der Waals surface area contributed by atoms with Gasteiger partial charge in [0.2, 0.25) is 0 Å². The summed E-state index contributed by atoms with van der Waals surface area (Å²) in [6.45, 7) is 2.16. The van der Waals surface area contributed by atoms with Crippen molar-refractivity contribution in [1.29, 1.82) is 0 Å². The molecule has 7 rings (SSSR count). The van der Waals surface area contributed by atoms with Crippen LogP contribution in [-0.4, -0.2) is 9.55 Å². The Morgan fingerprint density at radius 3 is 2.31 bits per heavy atom. The number of hydrogen-bond acceptors (Lipinski definition) is 2. The van der Waals surface area contributed by atoms with Crippen molar-refractivity contribution in [1.82, 2.24) is 9.55 Å². The molecular formula is C32H22N2O. The van der Waals surface area contributed by atoms with Crippen LogP contribution in [0.25, 0.3) is 61.2 Å². The summed E-state index contributed by atoms with van der Waals surface area (Å²) < 4.78 is 8.54. The molecule has 0 saturated carbocycles. The molecule has 0 aliphatic carbocycles. The van der Waals surface area contributed by atoms with Crippen LogP contribution in [0.4, 0.5) is 0 Å². The Labute approximate surface area is 202 Å². The summed E-state index contributed by atoms with van der Waals surface area (Å²) >= 11 is 0. The topological polar surface area (TPSA) is 31.0 Å². The lowest BCUT2D eigenvalue weighted by Crippen LogP contribution is -1.98. The molecule has 35 heavy (non-hydrogen) atoms. The number of aromatic nitrogens is 2. The van der Waals surface area contributed by atoms with Crippen LogP contribution in [0.5, 0.6) is 0 Å². The third kappa shape index (κ3) is 3.09. The molecule has 0 bridgehead atoms. The quantitative estimate of drug-likeness (QED) is 0.270. The fourth-order valence-electron chi connectivity index (χ4n) is 5.10. The molecule has 0 N–H and O–H groups in total. The third-order valence-corrected chi connectivity index (χ3v) is 6.76. The lowest BCUT2D eigenvalue weighted by Gasteiger charge is -2.13. The van der Waals surface area contributed by atoms with Gasteiger partial charge < -0.3 is 4.42 Å². The molecule has 0 radical (unpaired) electrons. The van der Waals surface area contributed by atoms with E-state index in [4.69, 9.17) is 9.40 Å². The Hall–Kier alpha value is -4.63. The van der Waals surface area contributed by atoms with Gasteiger partial charge >= 0.3 is 0 Å². The van der Waals surface area contributed by atoms with Crippen molar-refractivity contribution in [3.63, 3.8) is 0 Å². The van der Waals surface area contributed by atoms with E-state index in [2.05, 4.69) is 102 Å². The van der Waals surface area contributed by atoms with Crippen LogP contribution in [0.3, 0.4) is 0 Å². The highest BCUT2D eigenvalue weighted by molar-refractivity contribution is 6.09. The molecule has 0 fully saturated rings. The van der Waals surface area contributed by atoms with Crippen molar-refractivity contribution in [2.75, 3.05) is 0 Å². The summed E-state index contributed by atoms with van der Waals surface area (Å²) in [5.41, 5.74) is 9.56. The van der Waals surface area contributed by atoms with Crippen LogP contribution in [0.1, 0.15) is 5.56 Å². The number of furan rings is 1. The minimum Gasteiger partial charge on any atom is -0.455 e. The van der Waals surface area contributed by atoms with E-state index >= 15 is 0 Å². The normalized spacial score (nSPS) is 11.6. The number of rotatable bonds is 3. The Balaban J connectivity index is 1.42. The first-order valence-corrected chi connectivity index (χ1v) is 11.8. The van der Waals surface area contributed by atoms with E-state index in [1.54, 1.807) is 0 Å². The van der Waals surface area contributed by atoms with E-state index in [-0.39, 0.29) is 0 Å². The van der Waals surface area contributed by atoms with Gasteiger partial charge in [0.05, 0.1) is 11.0 Å². The van der Waals surface area contributed by atoms with Crippen molar-refractivity contribution >= 4 is 33.0 Å². The highest BCUT2D eigenvalue weighted by Crippen LogP contribution is 2.38. The molecule has 0 unspecified atom stereocenters. The maximum Gasteiger partial charge on any atom is 0.145 e. The molecule has 0 amide bonds. The lowest BCUT2D eigenvalue weighted by atomic mass is 9.98. The van der Waals surface area contributed by atoms with Gasteiger partial charge in [-0.25, -0.2) is 4.98 Å². The minimum absolute atomic E-state index is 0.917. The highest BCUT2D eigenvalue weighted by Gasteiger charge is 2.17. The maximum atomic E-state index is 6.29. The molecule has 3 nitrogen and oxygen atoms in total. The summed E-state index contributed by atoms with van der Waals surface area (Å²) in [7, 11) is 0. The van der Waals surface area contributed by atoms with E-state index in [1.165, 1.54) is 5.56 Å². The van der Waals surface area contributed by atoms with Gasteiger partial charge in [0.15, 0.2) is 0 Å². The Morgan fingerprint density at radius 2 is 1.43 bits per heavy atom. The number of nitrogens with zero attached hydrogens (tertiary/aromatic N) is 2. The van der Waals surface area contributed by atoms with Gasteiger partial charge in [-0.2, -0.15) is 0 Å². The van der Waals surface area contributed by atoms with Crippen molar-refractivity contribution in [3.05, 3.63) is 121 Å². The molecule has 0 atom stereocenters. The molecule has 166 valence electrons. The average Bonchev–Trinajstić information content (AvgIpc) is 3.48. The fourth-order valence-corrected chi connectivity index (χ4v) is 5.10. The standard InChI is InChI=1S/C32H22N2O/c1-21-20-22(25-13-9-14-27-26-12-5-8-17-30(26)35-31(25)27)18-19-24(21)32-33-28-15-6-7-16-29(28)34(32)23-10-3-2-4-11-23/h2-20H,1H3. The van der Waals surface area contributed by atoms with E-state index in [0.29, 0.717) is 0 Å². The molecular weight excluding hydrogens is 428 g/mol. The van der Waals surface area contributed by atoms with Gasteiger partial charge in [0.25, 0.3) is 0 Å². The maximum absolute atomic E-state index is 6.29. The summed E-state index contributed by atoms with van der Waals surface area (Å²) in [6, 6.07) is 40.0. The predicted octanol–water partition coefficient (Wildman–Crippen LogP) is 8.57. The molecule has 7 aromatic rings. The predicted molar refractivity (Wildman–Crippen MR) is 144 cm³/mol. The zero-order chi connectivity index (χ0) is 23.4. The second-order valence-corrected chi connectivity index (χ2v) is 8.91. The van der Waals surface area contributed by atoms with Crippen LogP contribution in [0.2, 0.25) is 0 Å². The van der Waals surface area contributed by atoms with Crippen molar-refractivity contribution in [2.24, 2.45) is 0 Å². The van der Waals surface area contributed by atoms with Crippen LogP contribution in [0, 0.1) is 6.92 Å². The van der Waals surface area contributed by atoms with E-state index in [0.717, 1.165) is 61.2 Å². The van der Waals surface area contributed by atoms with Gasteiger partial charge in [-0.3, -0.25) is 4.57 Å². The SMILES string of the molecule is Cc1cc(-c2cccc3c2oc2ccccc23)ccc1-c1nc2ccccc2n1-c1ccccc1. The van der Waals surface area contributed by atoms with Gasteiger partial charge in [0, 0.05) is 27.6 Å². The molecule has 0 spiro atoms. The monoisotopic (exact) mass is 450 g/mol. The molecule has 0 saturated heterocycles. The van der Waals surface area contributed by atoms with Crippen LogP contribution in [0.15, 0.2) is 120 Å². The first kappa shape index (κ1) is 19.8. The Morgan fingerprint density at radius 1 is 0.657 bits per heavy atom. The van der Waals surface area contributed by atoms with Crippen molar-refractivity contribution in [2.45, 2.75) is 6.92 Å². The summed E-state index contributed by atoms with van der Waals surface area (Å²) in [4.78, 5) is 5.05. The van der Waals surface area contributed by atoms with Gasteiger partial charge in [0.1, 0.15) is 17.0 Å². The molecule has 2 aromatic heterocycles. The summed E-state index contributed by atoms with van der Waals surface area (Å²) in [5.74, 6) is 0.948. The van der Waals surface area contributed by atoms with Gasteiger partial charge in [-0.15, -0.1) is 0 Å². The summed E-state index contributed by atoms with van der Waals surface area (Å²) in [6.07, 6.45) is 0. The highest BCUT2D eigenvalue weighted by atomic mass is 16.3. The average molecular weight is 451 g/mol. The zero-order valence-electron chi connectivity index (χ0n) is 19.3. The molecule has 5 aromatic carbocycles. The zero-order valence-corrected chi connectivity index (χ0v) is 19.3. The van der Waals surface area contributed by atoms with Crippen LogP contribution in [-0.2, 0) is 0 Å². The number of para-hydroxylation sites is 5. The number of fused-ring (bicyclic) bond motifs is 4. The second-order valence-electron chi connectivity index (χ2n) is 8.91. The Kier molecular flexibility index (Phi) is 4.36. The molecule has 0 aliphatic heterocycles. The number of benzene rings is 5. The van der Waals surface area contributed by atoms with Gasteiger partial charge in [-0.1, -0.05) is 84.9 Å².